The Kier molecular flexibility index (Phi) is 4.04. The fourth-order valence-electron chi connectivity index (χ4n) is 2.62. The predicted molar refractivity (Wildman–Crippen MR) is 89.6 cm³/mol. The maximum absolute atomic E-state index is 12.4. The first-order valence-corrected chi connectivity index (χ1v) is 7.52. The summed E-state index contributed by atoms with van der Waals surface area (Å²) in [6, 6.07) is 13.1. The van der Waals surface area contributed by atoms with E-state index in [1.807, 2.05) is 19.1 Å². The molecule has 2 aromatic rings. The van der Waals surface area contributed by atoms with E-state index >= 15 is 0 Å². The molecule has 1 aliphatic heterocycles. The summed E-state index contributed by atoms with van der Waals surface area (Å²) < 4.78 is 0. The zero-order valence-corrected chi connectivity index (χ0v) is 13.4. The van der Waals surface area contributed by atoms with Crippen LogP contribution >= 0.6 is 0 Å². The molecule has 24 heavy (non-hydrogen) atoms. The van der Waals surface area contributed by atoms with E-state index in [2.05, 4.69) is 10.6 Å². The van der Waals surface area contributed by atoms with Crippen LogP contribution in [0.2, 0.25) is 0 Å². The Hall–Kier alpha value is -3.15. The first-order chi connectivity index (χ1) is 11.5. The Labute approximate surface area is 139 Å². The predicted octanol–water partition coefficient (Wildman–Crippen LogP) is 2.47. The molecule has 0 radical (unpaired) electrons. The highest BCUT2D eigenvalue weighted by Crippen LogP contribution is 2.23. The van der Waals surface area contributed by atoms with Gasteiger partial charge in [0.2, 0.25) is 0 Å². The van der Waals surface area contributed by atoms with E-state index in [9.17, 15) is 14.4 Å². The quantitative estimate of drug-likeness (QED) is 0.852. The molecule has 0 saturated carbocycles. The molecule has 0 aliphatic carbocycles. The lowest BCUT2D eigenvalue weighted by Crippen LogP contribution is -2.25. The lowest BCUT2D eigenvalue weighted by atomic mass is 10.1. The van der Waals surface area contributed by atoms with Crippen molar-refractivity contribution in [2.75, 3.05) is 12.4 Å². The molecule has 0 spiro atoms. The lowest BCUT2D eigenvalue weighted by molar-refractivity contribution is -0.126. The molecule has 0 bridgehead atoms. The summed E-state index contributed by atoms with van der Waals surface area (Å²) in [4.78, 5) is 37.1. The number of carbonyl (C=O) groups is 3. The standard InChI is InChI=1S/C18H17N3O3/c1-11-6-3-4-9-14(11)16(22)19-13-8-5-7-12(10-13)15-17(23)21(2)18(24)20-15/h3-10,15H,1-2H3,(H,19,22)(H,20,24). The summed E-state index contributed by atoms with van der Waals surface area (Å²) in [5.74, 6) is -0.536. The molecule has 1 aliphatic rings. The number of amides is 4. The molecule has 0 aromatic heterocycles. The van der Waals surface area contributed by atoms with E-state index in [0.29, 0.717) is 16.8 Å². The van der Waals surface area contributed by atoms with E-state index in [0.717, 1.165) is 10.5 Å². The summed E-state index contributed by atoms with van der Waals surface area (Å²) in [6.45, 7) is 1.87. The number of carbonyl (C=O) groups excluding carboxylic acids is 3. The summed E-state index contributed by atoms with van der Waals surface area (Å²) in [5.41, 5.74) is 2.66. The van der Waals surface area contributed by atoms with Crippen LogP contribution < -0.4 is 10.6 Å². The van der Waals surface area contributed by atoms with Crippen molar-refractivity contribution in [3.63, 3.8) is 0 Å². The van der Waals surface area contributed by atoms with Gasteiger partial charge in [-0.25, -0.2) is 4.79 Å². The number of nitrogens with zero attached hydrogens (tertiary/aromatic N) is 1. The van der Waals surface area contributed by atoms with Gasteiger partial charge in [-0.05, 0) is 36.2 Å². The number of imide groups is 1. The van der Waals surface area contributed by atoms with Gasteiger partial charge in [-0.2, -0.15) is 0 Å². The second-order valence-electron chi connectivity index (χ2n) is 5.67. The number of likely N-dealkylation sites (N-methyl/N-ethyl adjacent to an activating group) is 1. The second kappa shape index (κ2) is 6.16. The molecule has 2 N–H and O–H groups in total. The van der Waals surface area contributed by atoms with Gasteiger partial charge < -0.3 is 10.6 Å². The minimum atomic E-state index is -0.724. The second-order valence-corrected chi connectivity index (χ2v) is 5.67. The maximum Gasteiger partial charge on any atom is 0.324 e. The van der Waals surface area contributed by atoms with E-state index in [-0.39, 0.29) is 11.8 Å². The highest BCUT2D eigenvalue weighted by atomic mass is 16.2. The molecule has 1 saturated heterocycles. The molecule has 4 amide bonds. The zero-order valence-electron chi connectivity index (χ0n) is 13.4. The molecule has 2 aromatic carbocycles. The number of rotatable bonds is 3. The number of benzene rings is 2. The van der Waals surface area contributed by atoms with Gasteiger partial charge >= 0.3 is 6.03 Å². The van der Waals surface area contributed by atoms with Crippen molar-refractivity contribution < 1.29 is 14.4 Å². The Bertz CT molecular complexity index is 832. The molecule has 1 unspecified atom stereocenters. The number of urea groups is 1. The van der Waals surface area contributed by atoms with Crippen molar-refractivity contribution in [1.29, 1.82) is 0 Å². The number of nitrogens with one attached hydrogen (secondary N) is 2. The van der Waals surface area contributed by atoms with Crippen LogP contribution in [0.15, 0.2) is 48.5 Å². The van der Waals surface area contributed by atoms with Crippen LogP contribution in [0, 0.1) is 6.92 Å². The van der Waals surface area contributed by atoms with Gasteiger partial charge in [-0.1, -0.05) is 30.3 Å². The first kappa shape index (κ1) is 15.7. The molecule has 122 valence electrons. The third kappa shape index (κ3) is 2.86. The Morgan fingerprint density at radius 2 is 1.88 bits per heavy atom. The normalized spacial score (nSPS) is 16.9. The lowest BCUT2D eigenvalue weighted by Gasteiger charge is -2.12. The monoisotopic (exact) mass is 323 g/mol. The fraction of sp³-hybridized carbons (Fsp3) is 0.167. The van der Waals surface area contributed by atoms with Gasteiger partial charge in [0.15, 0.2) is 0 Å². The summed E-state index contributed by atoms with van der Waals surface area (Å²) in [7, 11) is 1.43. The minimum Gasteiger partial charge on any atom is -0.322 e. The molecule has 1 atom stereocenters. The maximum atomic E-state index is 12.4. The van der Waals surface area contributed by atoms with Gasteiger partial charge in [0.25, 0.3) is 11.8 Å². The smallest absolute Gasteiger partial charge is 0.322 e. The zero-order chi connectivity index (χ0) is 17.3. The van der Waals surface area contributed by atoms with Gasteiger partial charge in [0.1, 0.15) is 6.04 Å². The summed E-state index contributed by atoms with van der Waals surface area (Å²) in [6.07, 6.45) is 0. The van der Waals surface area contributed by atoms with Crippen molar-refractivity contribution in [3.05, 3.63) is 65.2 Å². The molecule has 6 nitrogen and oxygen atoms in total. The number of hydrogen-bond acceptors (Lipinski definition) is 3. The minimum absolute atomic E-state index is 0.218. The first-order valence-electron chi connectivity index (χ1n) is 7.52. The number of anilines is 1. The van der Waals surface area contributed by atoms with Gasteiger partial charge in [0, 0.05) is 18.3 Å². The van der Waals surface area contributed by atoms with E-state index in [1.54, 1.807) is 36.4 Å². The van der Waals surface area contributed by atoms with Crippen LogP contribution in [0.5, 0.6) is 0 Å². The van der Waals surface area contributed by atoms with Gasteiger partial charge in [-0.15, -0.1) is 0 Å². The number of aryl methyl sites for hydroxylation is 1. The van der Waals surface area contributed by atoms with Crippen LogP contribution in [0.4, 0.5) is 10.5 Å². The molecular formula is C18H17N3O3. The summed E-state index contributed by atoms with van der Waals surface area (Å²) >= 11 is 0. The number of hydrogen-bond donors (Lipinski definition) is 2. The third-order valence-electron chi connectivity index (χ3n) is 4.02. The average Bonchev–Trinajstić information content (AvgIpc) is 2.83. The van der Waals surface area contributed by atoms with Crippen molar-refractivity contribution in [2.24, 2.45) is 0 Å². The Morgan fingerprint density at radius 1 is 1.12 bits per heavy atom. The van der Waals surface area contributed by atoms with Crippen LogP contribution in [0.25, 0.3) is 0 Å². The Balaban J connectivity index is 1.82. The van der Waals surface area contributed by atoms with Crippen molar-refractivity contribution >= 4 is 23.5 Å². The van der Waals surface area contributed by atoms with Crippen LogP contribution in [-0.4, -0.2) is 29.8 Å². The Morgan fingerprint density at radius 3 is 2.54 bits per heavy atom. The third-order valence-corrected chi connectivity index (χ3v) is 4.02. The molecule has 1 fully saturated rings. The SMILES string of the molecule is Cc1ccccc1C(=O)Nc1cccc(C2NC(=O)N(C)C2=O)c1. The topological polar surface area (TPSA) is 78.5 Å². The van der Waals surface area contributed by atoms with E-state index in [1.165, 1.54) is 7.05 Å². The van der Waals surface area contributed by atoms with Crippen LogP contribution in [-0.2, 0) is 4.79 Å². The van der Waals surface area contributed by atoms with Crippen molar-refractivity contribution in [1.82, 2.24) is 10.2 Å². The van der Waals surface area contributed by atoms with Crippen molar-refractivity contribution in [2.45, 2.75) is 13.0 Å². The van der Waals surface area contributed by atoms with Gasteiger partial charge in [-0.3, -0.25) is 14.5 Å². The molecular weight excluding hydrogens is 306 g/mol. The highest BCUT2D eigenvalue weighted by molar-refractivity contribution is 6.06. The molecule has 1 heterocycles. The highest BCUT2D eigenvalue weighted by Gasteiger charge is 2.36. The summed E-state index contributed by atoms with van der Waals surface area (Å²) in [5, 5.41) is 5.44. The van der Waals surface area contributed by atoms with E-state index in [4.69, 9.17) is 0 Å². The van der Waals surface area contributed by atoms with E-state index < -0.39 is 12.1 Å². The molecule has 3 rings (SSSR count). The largest absolute Gasteiger partial charge is 0.324 e. The van der Waals surface area contributed by atoms with Crippen LogP contribution in [0.1, 0.15) is 27.5 Å². The molecule has 6 heteroatoms. The van der Waals surface area contributed by atoms with Gasteiger partial charge in [0.05, 0.1) is 0 Å². The van der Waals surface area contributed by atoms with Crippen LogP contribution in [0.3, 0.4) is 0 Å². The average molecular weight is 323 g/mol. The van der Waals surface area contributed by atoms with Crippen molar-refractivity contribution in [3.8, 4) is 0 Å². The fourth-order valence-corrected chi connectivity index (χ4v) is 2.62.